The molecule has 80 valence electrons. The van der Waals surface area contributed by atoms with Crippen LogP contribution in [0.3, 0.4) is 0 Å². The summed E-state index contributed by atoms with van der Waals surface area (Å²) in [5, 5.41) is 3.39. The van der Waals surface area contributed by atoms with E-state index in [1.807, 2.05) is 18.5 Å². The first-order valence-electron chi connectivity index (χ1n) is 4.91. The highest BCUT2D eigenvalue weighted by Crippen LogP contribution is 2.21. The maximum absolute atomic E-state index is 5.85. The molecule has 2 aromatic heterocycles. The molecule has 0 saturated carbocycles. The molecular formula is C11H13ClN2S. The maximum atomic E-state index is 5.85. The molecule has 0 unspecified atom stereocenters. The third-order valence-corrected chi connectivity index (χ3v) is 3.46. The fourth-order valence-corrected chi connectivity index (χ4v) is 2.49. The van der Waals surface area contributed by atoms with Gasteiger partial charge in [0.2, 0.25) is 0 Å². The van der Waals surface area contributed by atoms with Crippen LogP contribution in [-0.4, -0.2) is 11.5 Å². The van der Waals surface area contributed by atoms with Gasteiger partial charge in [0.15, 0.2) is 0 Å². The lowest BCUT2D eigenvalue weighted by atomic mass is 10.3. The minimum absolute atomic E-state index is 0.871. The normalized spacial score (nSPS) is 10.7. The standard InChI is InChI=1S/C11H13ClN2S/c12-11-2-1-10(15-11)4-6-14-8-9-3-5-13-7-9/h1-3,5,7,13-14H,4,6,8H2. The van der Waals surface area contributed by atoms with Crippen LogP contribution in [0.15, 0.2) is 30.6 Å². The Kier molecular flexibility index (Phi) is 3.83. The van der Waals surface area contributed by atoms with Crippen LogP contribution in [0.2, 0.25) is 4.34 Å². The van der Waals surface area contributed by atoms with Crippen molar-refractivity contribution in [3.05, 3.63) is 45.4 Å². The quantitative estimate of drug-likeness (QED) is 0.773. The summed E-state index contributed by atoms with van der Waals surface area (Å²) in [6.45, 7) is 1.91. The van der Waals surface area contributed by atoms with Gasteiger partial charge in [-0.3, -0.25) is 0 Å². The minimum Gasteiger partial charge on any atom is -0.367 e. The highest BCUT2D eigenvalue weighted by Gasteiger charge is 1.97. The molecule has 0 bridgehead atoms. The number of rotatable bonds is 5. The van der Waals surface area contributed by atoms with Crippen molar-refractivity contribution in [2.45, 2.75) is 13.0 Å². The third kappa shape index (κ3) is 3.38. The van der Waals surface area contributed by atoms with Gasteiger partial charge in [-0.2, -0.15) is 0 Å². The molecule has 15 heavy (non-hydrogen) atoms. The number of thiophene rings is 1. The molecule has 0 aliphatic heterocycles. The largest absolute Gasteiger partial charge is 0.367 e. The van der Waals surface area contributed by atoms with Crippen LogP contribution in [0.25, 0.3) is 0 Å². The molecule has 2 rings (SSSR count). The average Bonchev–Trinajstić information content (AvgIpc) is 2.84. The lowest BCUT2D eigenvalue weighted by Crippen LogP contribution is -2.15. The molecule has 0 aliphatic rings. The predicted molar refractivity (Wildman–Crippen MR) is 65.5 cm³/mol. The van der Waals surface area contributed by atoms with E-state index in [0.717, 1.165) is 23.8 Å². The summed E-state index contributed by atoms with van der Waals surface area (Å²) in [7, 11) is 0. The lowest BCUT2D eigenvalue weighted by Gasteiger charge is -2.01. The van der Waals surface area contributed by atoms with Gasteiger partial charge in [0.05, 0.1) is 4.34 Å². The van der Waals surface area contributed by atoms with Gasteiger partial charge in [0, 0.05) is 30.4 Å². The van der Waals surface area contributed by atoms with Crippen molar-refractivity contribution in [2.75, 3.05) is 6.54 Å². The van der Waals surface area contributed by atoms with E-state index in [2.05, 4.69) is 22.4 Å². The number of aromatic nitrogens is 1. The summed E-state index contributed by atoms with van der Waals surface area (Å²) >= 11 is 7.50. The molecule has 2 aromatic rings. The van der Waals surface area contributed by atoms with Gasteiger partial charge in [-0.25, -0.2) is 0 Å². The zero-order valence-electron chi connectivity index (χ0n) is 8.29. The van der Waals surface area contributed by atoms with E-state index < -0.39 is 0 Å². The first-order chi connectivity index (χ1) is 7.34. The first kappa shape index (κ1) is 10.7. The number of nitrogens with one attached hydrogen (secondary N) is 2. The molecule has 4 heteroatoms. The van der Waals surface area contributed by atoms with Gasteiger partial charge in [-0.15, -0.1) is 11.3 Å². The Balaban J connectivity index is 1.67. The van der Waals surface area contributed by atoms with Crippen molar-refractivity contribution >= 4 is 22.9 Å². The Morgan fingerprint density at radius 3 is 2.93 bits per heavy atom. The molecule has 2 nitrogen and oxygen atoms in total. The molecule has 2 N–H and O–H groups in total. The second kappa shape index (κ2) is 5.35. The van der Waals surface area contributed by atoms with Gasteiger partial charge in [-0.1, -0.05) is 11.6 Å². The molecule has 0 spiro atoms. The number of H-pyrrole nitrogens is 1. The van der Waals surface area contributed by atoms with Crippen molar-refractivity contribution in [3.8, 4) is 0 Å². The summed E-state index contributed by atoms with van der Waals surface area (Å²) in [4.78, 5) is 4.37. The molecule has 0 fully saturated rings. The van der Waals surface area contributed by atoms with Crippen molar-refractivity contribution in [1.82, 2.24) is 10.3 Å². The van der Waals surface area contributed by atoms with Crippen LogP contribution in [0.1, 0.15) is 10.4 Å². The number of hydrogen-bond acceptors (Lipinski definition) is 2. The Bertz CT molecular complexity index is 394. The minimum atomic E-state index is 0.871. The first-order valence-corrected chi connectivity index (χ1v) is 6.10. The highest BCUT2D eigenvalue weighted by molar-refractivity contribution is 7.16. The number of halogens is 1. The van der Waals surface area contributed by atoms with Gasteiger partial charge >= 0.3 is 0 Å². The van der Waals surface area contributed by atoms with Crippen LogP contribution in [0.4, 0.5) is 0 Å². The van der Waals surface area contributed by atoms with Crippen LogP contribution in [0, 0.1) is 0 Å². The monoisotopic (exact) mass is 240 g/mol. The zero-order valence-corrected chi connectivity index (χ0v) is 9.87. The van der Waals surface area contributed by atoms with E-state index in [0.29, 0.717) is 0 Å². The van der Waals surface area contributed by atoms with E-state index in [9.17, 15) is 0 Å². The fourth-order valence-electron chi connectivity index (χ4n) is 1.40. The van der Waals surface area contributed by atoms with Crippen molar-refractivity contribution in [1.29, 1.82) is 0 Å². The second-order valence-corrected chi connectivity index (χ2v) is 5.15. The predicted octanol–water partition coefficient (Wildman–Crippen LogP) is 3.06. The third-order valence-electron chi connectivity index (χ3n) is 2.17. The van der Waals surface area contributed by atoms with Gasteiger partial charge in [0.1, 0.15) is 0 Å². The molecular weight excluding hydrogens is 228 g/mol. The summed E-state index contributed by atoms with van der Waals surface area (Å²) in [5.74, 6) is 0. The molecule has 0 aromatic carbocycles. The second-order valence-electron chi connectivity index (χ2n) is 3.35. The topological polar surface area (TPSA) is 27.8 Å². The smallest absolute Gasteiger partial charge is 0.0931 e. The maximum Gasteiger partial charge on any atom is 0.0931 e. The van der Waals surface area contributed by atoms with Crippen molar-refractivity contribution in [2.24, 2.45) is 0 Å². The molecule has 0 amide bonds. The van der Waals surface area contributed by atoms with Crippen molar-refractivity contribution < 1.29 is 0 Å². The Hall–Kier alpha value is -0.770. The van der Waals surface area contributed by atoms with Gasteiger partial charge in [-0.05, 0) is 30.2 Å². The van der Waals surface area contributed by atoms with Crippen LogP contribution in [0.5, 0.6) is 0 Å². The Morgan fingerprint density at radius 1 is 1.33 bits per heavy atom. The summed E-state index contributed by atoms with van der Waals surface area (Å²) in [5.41, 5.74) is 1.29. The van der Waals surface area contributed by atoms with E-state index in [-0.39, 0.29) is 0 Å². The van der Waals surface area contributed by atoms with Crippen molar-refractivity contribution in [3.63, 3.8) is 0 Å². The van der Waals surface area contributed by atoms with E-state index >= 15 is 0 Å². The Labute approximate surface area is 98.3 Å². The Morgan fingerprint density at radius 2 is 2.27 bits per heavy atom. The summed E-state index contributed by atoms with van der Waals surface area (Å²) < 4.78 is 0.871. The summed E-state index contributed by atoms with van der Waals surface area (Å²) in [6, 6.07) is 6.12. The van der Waals surface area contributed by atoms with Gasteiger partial charge < -0.3 is 10.3 Å². The average molecular weight is 241 g/mol. The molecule has 0 atom stereocenters. The van der Waals surface area contributed by atoms with Crippen LogP contribution < -0.4 is 5.32 Å². The lowest BCUT2D eigenvalue weighted by molar-refractivity contribution is 0.691. The molecule has 0 saturated heterocycles. The van der Waals surface area contributed by atoms with Gasteiger partial charge in [0.25, 0.3) is 0 Å². The van der Waals surface area contributed by atoms with Crippen LogP contribution in [-0.2, 0) is 13.0 Å². The zero-order chi connectivity index (χ0) is 10.5. The summed E-state index contributed by atoms with van der Waals surface area (Å²) in [6.07, 6.45) is 4.99. The SMILES string of the molecule is Clc1ccc(CCNCc2cc[nH]c2)s1. The number of hydrogen-bond donors (Lipinski definition) is 2. The van der Waals surface area contributed by atoms with Crippen LogP contribution >= 0.6 is 22.9 Å². The highest BCUT2D eigenvalue weighted by atomic mass is 35.5. The molecule has 0 radical (unpaired) electrons. The molecule has 2 heterocycles. The fraction of sp³-hybridized carbons (Fsp3) is 0.273. The van der Waals surface area contributed by atoms with E-state index in [1.54, 1.807) is 11.3 Å². The molecule has 0 aliphatic carbocycles. The van der Waals surface area contributed by atoms with E-state index in [4.69, 9.17) is 11.6 Å². The van der Waals surface area contributed by atoms with E-state index in [1.165, 1.54) is 10.4 Å². The number of aromatic amines is 1.